The minimum Gasteiger partial charge on any atom is -0.349 e. The number of carbonyl (C=O) groups excluding carboxylic acids is 1. The molecule has 1 aliphatic carbocycles. The van der Waals surface area contributed by atoms with E-state index in [0.717, 1.165) is 11.6 Å². The van der Waals surface area contributed by atoms with Crippen LogP contribution in [0.2, 0.25) is 0 Å². The Morgan fingerprint density at radius 1 is 1.14 bits per heavy atom. The monoisotopic (exact) mass is 519 g/mol. The van der Waals surface area contributed by atoms with E-state index in [0.29, 0.717) is 25.7 Å². The normalized spacial score (nSPS) is 31.8. The van der Waals surface area contributed by atoms with Crippen LogP contribution in [0, 0.1) is 12.8 Å². The van der Waals surface area contributed by atoms with Gasteiger partial charge in [-0.1, -0.05) is 44.2 Å². The number of amides is 1. The van der Waals surface area contributed by atoms with Gasteiger partial charge in [-0.05, 0) is 57.4 Å². The van der Waals surface area contributed by atoms with Gasteiger partial charge in [0.05, 0.1) is 7.39 Å². The lowest BCUT2D eigenvalue weighted by Crippen LogP contribution is -2.45. The zero-order chi connectivity index (χ0) is 31.6. The minimum absolute atomic E-state index is 0.00545. The van der Waals surface area contributed by atoms with Crippen molar-refractivity contribution in [3.63, 3.8) is 0 Å². The fourth-order valence-corrected chi connectivity index (χ4v) is 6.02. The SMILES string of the molecule is [2H]C1(C(=O)NC([2H])(c2ccccc2)C([2H])([2H])C([2H])([2H])N2C3CCC2CC(n2c(C)nnc2C(C)C)C3)CCC(F)(F)CC1. The van der Waals surface area contributed by atoms with Crippen LogP contribution in [0.5, 0.6) is 0 Å². The summed E-state index contributed by atoms with van der Waals surface area (Å²) in [4.78, 5) is 15.1. The molecule has 202 valence electrons. The Bertz CT molecular complexity index is 1320. The van der Waals surface area contributed by atoms with Crippen molar-refractivity contribution in [3.05, 3.63) is 47.5 Å². The number of nitrogens with one attached hydrogen (secondary N) is 1. The number of alkyl halides is 2. The third kappa shape index (κ3) is 5.74. The second-order valence-corrected chi connectivity index (χ2v) is 10.9. The first-order chi connectivity index (χ1) is 19.9. The van der Waals surface area contributed by atoms with E-state index in [1.807, 2.05) is 20.8 Å². The van der Waals surface area contributed by atoms with Gasteiger partial charge in [0.25, 0.3) is 0 Å². The number of hydrogen-bond acceptors (Lipinski definition) is 4. The van der Waals surface area contributed by atoms with E-state index in [4.69, 9.17) is 1.37 Å². The van der Waals surface area contributed by atoms with Crippen molar-refractivity contribution in [3.8, 4) is 0 Å². The van der Waals surface area contributed by atoms with Gasteiger partial charge < -0.3 is 9.88 Å². The Labute approximate surface area is 227 Å². The molecule has 3 aliphatic rings. The summed E-state index contributed by atoms with van der Waals surface area (Å²) < 4.78 is 85.0. The highest BCUT2D eigenvalue weighted by Crippen LogP contribution is 2.42. The molecule has 2 aliphatic heterocycles. The van der Waals surface area contributed by atoms with E-state index in [1.54, 1.807) is 23.1 Å². The van der Waals surface area contributed by atoms with E-state index < -0.39 is 62.3 Å². The van der Waals surface area contributed by atoms with Crippen molar-refractivity contribution in [2.45, 2.75) is 114 Å². The Morgan fingerprint density at radius 2 is 1.78 bits per heavy atom. The van der Waals surface area contributed by atoms with Gasteiger partial charge in [0, 0.05) is 56.1 Å². The largest absolute Gasteiger partial charge is 0.349 e. The lowest BCUT2D eigenvalue weighted by atomic mass is 9.86. The highest BCUT2D eigenvalue weighted by Gasteiger charge is 2.42. The fourth-order valence-electron chi connectivity index (χ4n) is 6.02. The quantitative estimate of drug-likeness (QED) is 0.468. The van der Waals surface area contributed by atoms with Gasteiger partial charge in [0.15, 0.2) is 0 Å². The number of aryl methyl sites for hydroxylation is 1. The predicted octanol–water partition coefficient (Wildman–Crippen LogP) is 5.95. The van der Waals surface area contributed by atoms with Gasteiger partial charge in [-0.3, -0.25) is 9.69 Å². The van der Waals surface area contributed by atoms with Crippen LogP contribution in [-0.4, -0.2) is 50.1 Å². The van der Waals surface area contributed by atoms with Crippen molar-refractivity contribution in [1.82, 2.24) is 25.0 Å². The first kappa shape index (κ1) is 19.7. The average molecular weight is 520 g/mol. The zero-order valence-electron chi connectivity index (χ0n) is 27.8. The number of rotatable bonds is 8. The number of nitrogens with zero attached hydrogens (tertiary/aromatic N) is 4. The first-order valence-electron chi connectivity index (χ1n) is 16.4. The zero-order valence-corrected chi connectivity index (χ0v) is 21.8. The number of fused-ring (bicyclic) bond motifs is 2. The molecule has 3 unspecified atom stereocenters. The molecule has 37 heavy (non-hydrogen) atoms. The maximum absolute atomic E-state index is 13.9. The van der Waals surface area contributed by atoms with Gasteiger partial charge in [-0.25, -0.2) is 8.78 Å². The Morgan fingerprint density at radius 3 is 2.41 bits per heavy atom. The smallest absolute Gasteiger partial charge is 0.248 e. The second-order valence-electron chi connectivity index (χ2n) is 10.9. The van der Waals surface area contributed by atoms with Crippen molar-refractivity contribution in [1.29, 1.82) is 0 Å². The summed E-state index contributed by atoms with van der Waals surface area (Å²) in [6.45, 7) is 3.27. The Balaban J connectivity index is 1.46. The molecule has 5 rings (SSSR count). The molecule has 3 atom stereocenters. The van der Waals surface area contributed by atoms with Crippen LogP contribution in [0.25, 0.3) is 0 Å². The molecule has 1 N–H and O–H groups in total. The lowest BCUT2D eigenvalue weighted by molar-refractivity contribution is -0.130. The van der Waals surface area contributed by atoms with Gasteiger partial charge in [0.2, 0.25) is 11.8 Å². The van der Waals surface area contributed by atoms with Crippen LogP contribution >= 0.6 is 0 Å². The highest BCUT2D eigenvalue weighted by atomic mass is 19.3. The number of hydrogen-bond donors (Lipinski definition) is 1. The molecule has 1 amide bonds. The second kappa shape index (κ2) is 10.8. The lowest BCUT2D eigenvalue weighted by Gasteiger charge is -2.40. The maximum Gasteiger partial charge on any atom is 0.248 e. The Hall–Kier alpha value is -2.35. The van der Waals surface area contributed by atoms with Crippen molar-refractivity contribution >= 4 is 5.91 Å². The average Bonchev–Trinajstić information content (AvgIpc) is 3.47. The molecular formula is C29H41F2N5O. The summed E-state index contributed by atoms with van der Waals surface area (Å²) in [5, 5.41) is 11.0. The molecule has 1 saturated carbocycles. The number of aromatic nitrogens is 3. The third-order valence-corrected chi connectivity index (χ3v) is 8.00. The molecule has 8 heteroatoms. The minimum atomic E-state index is -3.02. The first-order valence-corrected chi connectivity index (χ1v) is 13.4. The molecule has 0 radical (unpaired) electrons. The van der Waals surface area contributed by atoms with E-state index in [2.05, 4.69) is 20.1 Å². The fraction of sp³-hybridized carbons (Fsp3) is 0.690. The molecule has 3 fully saturated rings. The summed E-state index contributed by atoms with van der Waals surface area (Å²) in [5.74, 6) is -4.23. The summed E-state index contributed by atoms with van der Waals surface area (Å²) >= 11 is 0. The standard InChI is InChI=1S/C29H41F2N5O/c1-19(2)27-34-33-20(3)36(27)25-17-23-9-10-24(18-25)35(23)16-13-26(21-7-5-4-6-8-21)32-28(37)22-11-14-29(30,31)15-12-22/h4-8,19,22-26H,9-18H2,1-3H3,(H,32,37)/i13D2,16D2,22D,26D. The van der Waals surface area contributed by atoms with Crippen molar-refractivity contribution < 1.29 is 21.8 Å². The van der Waals surface area contributed by atoms with E-state index in [1.165, 1.54) is 12.1 Å². The van der Waals surface area contributed by atoms with Crippen LogP contribution in [0.15, 0.2) is 30.3 Å². The van der Waals surface area contributed by atoms with E-state index in [-0.39, 0.29) is 29.6 Å². The summed E-state index contributed by atoms with van der Waals surface area (Å²) in [7, 11) is 0. The van der Waals surface area contributed by atoms with Crippen molar-refractivity contribution in [2.24, 2.45) is 5.89 Å². The summed E-state index contributed by atoms with van der Waals surface area (Å²) in [5.41, 5.74) is 0.00545. The number of benzene rings is 1. The number of halogens is 2. The molecular weight excluding hydrogens is 472 g/mol. The topological polar surface area (TPSA) is 63.1 Å². The summed E-state index contributed by atoms with van der Waals surface area (Å²) in [6, 6.07) is 4.39. The van der Waals surface area contributed by atoms with Gasteiger partial charge in [-0.15, -0.1) is 10.2 Å². The van der Waals surface area contributed by atoms with Gasteiger partial charge in [0.1, 0.15) is 11.6 Å². The molecule has 1 aromatic carbocycles. The maximum atomic E-state index is 13.9. The molecule has 3 heterocycles. The predicted molar refractivity (Wildman–Crippen MR) is 139 cm³/mol. The van der Waals surface area contributed by atoms with Gasteiger partial charge >= 0.3 is 0 Å². The van der Waals surface area contributed by atoms with E-state index in [9.17, 15) is 20.4 Å². The molecule has 6 nitrogen and oxygen atoms in total. The van der Waals surface area contributed by atoms with Crippen LogP contribution in [-0.2, 0) is 4.79 Å². The number of carbonyl (C=O) groups is 1. The van der Waals surface area contributed by atoms with Crippen molar-refractivity contribution in [2.75, 3.05) is 6.50 Å². The summed E-state index contributed by atoms with van der Waals surface area (Å²) in [6.07, 6.45) is -2.79. The Kier molecular flexibility index (Phi) is 5.74. The van der Waals surface area contributed by atoms with Crippen LogP contribution in [0.1, 0.15) is 115 Å². The highest BCUT2D eigenvalue weighted by molar-refractivity contribution is 5.79. The molecule has 0 spiro atoms. The molecule has 2 saturated heterocycles. The number of piperidine rings is 1. The van der Waals surface area contributed by atoms with Crippen LogP contribution in [0.4, 0.5) is 8.78 Å². The van der Waals surface area contributed by atoms with Gasteiger partial charge in [-0.2, -0.15) is 0 Å². The third-order valence-electron chi connectivity index (χ3n) is 8.00. The van der Waals surface area contributed by atoms with Crippen LogP contribution < -0.4 is 5.32 Å². The van der Waals surface area contributed by atoms with E-state index >= 15 is 0 Å². The molecule has 2 bridgehead atoms. The van der Waals surface area contributed by atoms with Crippen LogP contribution in [0.3, 0.4) is 0 Å². The molecule has 2 aromatic rings. The molecule has 1 aromatic heterocycles.